The average Bonchev–Trinajstić information content (AvgIpc) is 3.67. The van der Waals surface area contributed by atoms with Crippen LogP contribution in [0.4, 0.5) is 0 Å². The molecule has 2 atom stereocenters. The van der Waals surface area contributed by atoms with Gasteiger partial charge in [0.05, 0.1) is 0 Å². The van der Waals surface area contributed by atoms with Crippen LogP contribution in [-0.2, 0) is 27.4 Å². The fourth-order valence-electron chi connectivity index (χ4n) is 8.00. The molecule has 2 aliphatic rings. The number of aryl methyl sites for hydroxylation is 1. The molecule has 2 unspecified atom stereocenters. The molecule has 0 spiro atoms. The van der Waals surface area contributed by atoms with Gasteiger partial charge in [0.15, 0.2) is 0 Å². The number of benzene rings is 4. The molecule has 0 nitrogen and oxygen atoms in total. The summed E-state index contributed by atoms with van der Waals surface area (Å²) < 4.78 is 0.211. The van der Waals surface area contributed by atoms with Crippen molar-refractivity contribution >= 4 is 35.1 Å². The van der Waals surface area contributed by atoms with Crippen molar-refractivity contribution in [2.24, 2.45) is 0 Å². The van der Waals surface area contributed by atoms with Crippen molar-refractivity contribution in [1.29, 1.82) is 0 Å². The van der Waals surface area contributed by atoms with Crippen molar-refractivity contribution in [3.05, 3.63) is 130 Å². The Morgan fingerprint density at radius 2 is 1.33 bits per heavy atom. The zero-order valence-electron chi connectivity index (χ0n) is 28.6. The SMILES string of the molecule is CCCCc1ccc(-c2cccc3c2C=C(CC)[CH]3[Zr]([Cl])([Cl])([CH]2C=Cc3c(-c4ccc(C(C)(C)C)cc4)cccc32)[SiH](C)C)cc1. The van der Waals surface area contributed by atoms with Crippen LogP contribution >= 0.6 is 17.0 Å². The van der Waals surface area contributed by atoms with Crippen LogP contribution in [0.1, 0.15) is 94.5 Å². The van der Waals surface area contributed by atoms with E-state index < -0.39 is 21.5 Å². The molecule has 4 heteroatoms. The summed E-state index contributed by atoms with van der Waals surface area (Å²) in [5.41, 5.74) is 14.7. The monoisotopic (exact) mass is 741 g/mol. The second-order valence-corrected chi connectivity index (χ2v) is 57.6. The number of unbranched alkanes of at least 4 members (excludes halogenated alkanes) is 1. The van der Waals surface area contributed by atoms with Crippen LogP contribution in [-0.4, -0.2) is 5.92 Å². The van der Waals surface area contributed by atoms with Gasteiger partial charge in [-0.2, -0.15) is 0 Å². The number of fused-ring (bicyclic) bond motifs is 2. The first-order chi connectivity index (χ1) is 21.9. The molecule has 0 saturated heterocycles. The summed E-state index contributed by atoms with van der Waals surface area (Å²) in [5.74, 6) is -1.57. The molecular weight excluding hydrogens is 695 g/mol. The van der Waals surface area contributed by atoms with Crippen LogP contribution < -0.4 is 0 Å². The Bertz CT molecular complexity index is 1810. The predicted octanol–water partition coefficient (Wildman–Crippen LogP) is 13.3. The van der Waals surface area contributed by atoms with Gasteiger partial charge in [-0.1, -0.05) is 0 Å². The van der Waals surface area contributed by atoms with Crippen LogP contribution in [0.2, 0.25) is 13.1 Å². The van der Waals surface area contributed by atoms with Gasteiger partial charge in [-0.15, -0.1) is 0 Å². The number of rotatable bonds is 9. The first kappa shape index (κ1) is 33.9. The maximum atomic E-state index is 8.45. The van der Waals surface area contributed by atoms with Crippen LogP contribution in [0.3, 0.4) is 0 Å². The molecule has 0 saturated carbocycles. The number of allylic oxidation sites excluding steroid dienone is 2. The van der Waals surface area contributed by atoms with Crippen LogP contribution in [0.15, 0.2) is 96.6 Å². The Balaban J connectivity index is 1.44. The fourth-order valence-corrected chi connectivity index (χ4v) is 37.6. The van der Waals surface area contributed by atoms with E-state index in [2.05, 4.69) is 151 Å². The molecule has 0 fully saturated rings. The Morgan fingerprint density at radius 3 is 1.89 bits per heavy atom. The van der Waals surface area contributed by atoms with E-state index in [0.717, 1.165) is 12.8 Å². The molecule has 0 radical (unpaired) electrons. The van der Waals surface area contributed by atoms with Gasteiger partial charge in [0, 0.05) is 0 Å². The van der Waals surface area contributed by atoms with Crippen molar-refractivity contribution in [2.45, 2.75) is 86.1 Å². The molecule has 0 heterocycles. The third kappa shape index (κ3) is 5.74. The number of hydrogen-bond donors (Lipinski definition) is 0. The zero-order chi connectivity index (χ0) is 32.9. The molecule has 46 heavy (non-hydrogen) atoms. The summed E-state index contributed by atoms with van der Waals surface area (Å²) in [4.78, 5) is 0. The minimum absolute atomic E-state index is 0.0904. The van der Waals surface area contributed by atoms with Gasteiger partial charge >= 0.3 is 289 Å². The summed E-state index contributed by atoms with van der Waals surface area (Å²) in [6.45, 7) is 16.2. The molecule has 4 aromatic rings. The van der Waals surface area contributed by atoms with E-state index >= 15 is 0 Å². The van der Waals surface area contributed by atoms with Gasteiger partial charge in [-0.05, 0) is 0 Å². The van der Waals surface area contributed by atoms with Gasteiger partial charge in [0.2, 0.25) is 0 Å². The van der Waals surface area contributed by atoms with Crippen molar-refractivity contribution < 1.29 is 15.6 Å². The van der Waals surface area contributed by atoms with Crippen molar-refractivity contribution in [3.8, 4) is 22.3 Å². The molecule has 6 rings (SSSR count). The van der Waals surface area contributed by atoms with E-state index in [0.29, 0.717) is 0 Å². The van der Waals surface area contributed by atoms with E-state index in [-0.39, 0.29) is 12.7 Å². The first-order valence-corrected chi connectivity index (χ1v) is 33.6. The molecule has 0 aliphatic heterocycles. The van der Waals surface area contributed by atoms with Gasteiger partial charge in [0.25, 0.3) is 0 Å². The second-order valence-electron chi connectivity index (χ2n) is 15.0. The predicted molar refractivity (Wildman–Crippen MR) is 204 cm³/mol. The first-order valence-electron chi connectivity index (χ1n) is 17.3. The molecule has 0 N–H and O–H groups in total. The van der Waals surface area contributed by atoms with Gasteiger partial charge in [0.1, 0.15) is 0 Å². The quantitative estimate of drug-likeness (QED) is 0.150. The number of hydrogen-bond acceptors (Lipinski definition) is 0. The maximum absolute atomic E-state index is 8.45. The third-order valence-electron chi connectivity index (χ3n) is 10.9. The fraction of sp³-hybridized carbons (Fsp3) is 0.333. The molecule has 4 aromatic carbocycles. The topological polar surface area (TPSA) is 0 Å². The summed E-state index contributed by atoms with van der Waals surface area (Å²) in [7, 11) is 16.9. The Kier molecular flexibility index (Phi) is 9.45. The summed E-state index contributed by atoms with van der Waals surface area (Å²) in [5, 5.41) is 0. The van der Waals surface area contributed by atoms with E-state index in [4.69, 9.17) is 17.0 Å². The summed E-state index contributed by atoms with van der Waals surface area (Å²) >= 11 is -4.68. The summed E-state index contributed by atoms with van der Waals surface area (Å²) in [6.07, 6.45) is 11.8. The third-order valence-corrected chi connectivity index (χ3v) is 62.9. The van der Waals surface area contributed by atoms with Gasteiger partial charge in [-0.25, -0.2) is 0 Å². The van der Waals surface area contributed by atoms with Crippen molar-refractivity contribution in [2.75, 3.05) is 0 Å². The molecule has 2 aliphatic carbocycles. The van der Waals surface area contributed by atoms with E-state index in [9.17, 15) is 0 Å². The van der Waals surface area contributed by atoms with Crippen LogP contribution in [0.25, 0.3) is 34.4 Å². The average molecular weight is 744 g/mol. The van der Waals surface area contributed by atoms with Crippen LogP contribution in [0.5, 0.6) is 0 Å². The molecule has 0 bridgehead atoms. The van der Waals surface area contributed by atoms with Gasteiger partial charge < -0.3 is 0 Å². The molecule has 0 aromatic heterocycles. The van der Waals surface area contributed by atoms with Crippen LogP contribution in [0, 0.1) is 0 Å². The van der Waals surface area contributed by atoms with E-state index in [1.807, 2.05) is 0 Å². The zero-order valence-corrected chi connectivity index (χ0v) is 33.8. The van der Waals surface area contributed by atoms with Gasteiger partial charge in [-0.3, -0.25) is 0 Å². The van der Waals surface area contributed by atoms with E-state index in [1.165, 1.54) is 74.0 Å². The molecular formula is C42H49Cl2SiZr. The Labute approximate surface area is 286 Å². The Hall–Kier alpha value is -1.96. The molecule has 0 amide bonds. The van der Waals surface area contributed by atoms with Crippen molar-refractivity contribution in [1.82, 2.24) is 0 Å². The number of halogens is 2. The minimum atomic E-state index is -4.68. The normalized spacial score (nSPS) is 18.3. The second kappa shape index (κ2) is 12.8. The standard InChI is InChI=1S/C21H23.C19H19.C2H7Si.2ClH.Zr/c1-3-5-7-17-10-12-18(13-11-17)20-9-6-8-19-14-16(4-2)15-21(19)20;1-19(2,3)16-12-10-15(11-13-16)18-9-5-7-14-6-4-8-17(14)18;1-3-2;;;/h6,8-15H,3-5,7H2,1-2H3;4-13H,1-3H3;3H,1-2H3;2*1H;/q;;;;;+2/p-2. The Morgan fingerprint density at radius 1 is 0.739 bits per heavy atom. The molecule has 239 valence electrons. The van der Waals surface area contributed by atoms with E-state index in [1.54, 1.807) is 0 Å². The van der Waals surface area contributed by atoms with Crippen molar-refractivity contribution in [3.63, 3.8) is 0 Å². The summed E-state index contributed by atoms with van der Waals surface area (Å²) in [6, 6.07) is 32.0.